The van der Waals surface area contributed by atoms with Gasteiger partial charge in [0, 0.05) is 6.42 Å². The van der Waals surface area contributed by atoms with E-state index in [1.165, 1.54) is 11.3 Å². The van der Waals surface area contributed by atoms with Gasteiger partial charge in [-0.05, 0) is 24.6 Å². The van der Waals surface area contributed by atoms with Crippen molar-refractivity contribution < 1.29 is 14.4 Å². The molecule has 3 rings (SSSR count). The van der Waals surface area contributed by atoms with E-state index in [1.54, 1.807) is 0 Å². The van der Waals surface area contributed by atoms with E-state index in [1.807, 2.05) is 25.1 Å². The summed E-state index contributed by atoms with van der Waals surface area (Å²) >= 11 is 1.36. The molecule has 1 saturated heterocycles. The van der Waals surface area contributed by atoms with Crippen LogP contribution in [0.1, 0.15) is 12.0 Å². The number of amides is 3. The Hall–Kier alpha value is -2.48. The van der Waals surface area contributed by atoms with Crippen LogP contribution in [-0.4, -0.2) is 22.7 Å². The SMILES string of the molecule is Cc1ccc2nc(NC(=O)CC3C(=O)NNC3=O)sc2c1. The first-order valence-corrected chi connectivity index (χ1v) is 7.11. The van der Waals surface area contributed by atoms with Gasteiger partial charge >= 0.3 is 0 Å². The molecule has 8 heteroatoms. The predicted molar refractivity (Wildman–Crippen MR) is 77.4 cm³/mol. The molecule has 7 nitrogen and oxygen atoms in total. The summed E-state index contributed by atoms with van der Waals surface area (Å²) in [4.78, 5) is 38.9. The number of benzene rings is 1. The Labute approximate surface area is 123 Å². The van der Waals surface area contributed by atoms with E-state index in [-0.39, 0.29) is 6.42 Å². The molecule has 0 unspecified atom stereocenters. The van der Waals surface area contributed by atoms with Crippen LogP contribution in [0, 0.1) is 12.8 Å². The zero-order chi connectivity index (χ0) is 15.0. The van der Waals surface area contributed by atoms with Crippen molar-refractivity contribution in [1.29, 1.82) is 0 Å². The zero-order valence-corrected chi connectivity index (χ0v) is 11.9. The molecule has 0 radical (unpaired) electrons. The Bertz CT molecular complexity index is 739. The molecule has 1 fully saturated rings. The fourth-order valence-corrected chi connectivity index (χ4v) is 3.02. The Morgan fingerprint density at radius 2 is 2.05 bits per heavy atom. The molecule has 0 bridgehead atoms. The van der Waals surface area contributed by atoms with Gasteiger partial charge < -0.3 is 5.32 Å². The van der Waals surface area contributed by atoms with Gasteiger partial charge in [0.15, 0.2) is 5.13 Å². The molecule has 1 aliphatic rings. The lowest BCUT2D eigenvalue weighted by Crippen LogP contribution is -2.28. The predicted octanol–water partition coefficient (Wildman–Crippen LogP) is 0.711. The molecule has 2 heterocycles. The first-order chi connectivity index (χ1) is 10.0. The summed E-state index contributed by atoms with van der Waals surface area (Å²) in [6, 6.07) is 5.82. The molecule has 1 aliphatic heterocycles. The second-order valence-corrected chi connectivity index (χ2v) is 5.80. The van der Waals surface area contributed by atoms with Crippen LogP contribution in [-0.2, 0) is 14.4 Å². The third-order valence-electron chi connectivity index (χ3n) is 3.12. The summed E-state index contributed by atoms with van der Waals surface area (Å²) in [5.41, 5.74) is 6.29. The van der Waals surface area contributed by atoms with Crippen molar-refractivity contribution in [3.8, 4) is 0 Å². The number of thiazole rings is 1. The monoisotopic (exact) mass is 304 g/mol. The molecular weight excluding hydrogens is 292 g/mol. The Morgan fingerprint density at radius 1 is 1.33 bits per heavy atom. The van der Waals surface area contributed by atoms with Crippen LogP contribution in [0.25, 0.3) is 10.2 Å². The molecule has 3 amide bonds. The van der Waals surface area contributed by atoms with Crippen molar-refractivity contribution in [2.24, 2.45) is 5.92 Å². The molecule has 0 atom stereocenters. The van der Waals surface area contributed by atoms with E-state index in [0.29, 0.717) is 5.13 Å². The van der Waals surface area contributed by atoms with Crippen molar-refractivity contribution >= 4 is 44.4 Å². The summed E-state index contributed by atoms with van der Waals surface area (Å²) in [6.45, 7) is 1.98. The van der Waals surface area contributed by atoms with Crippen LogP contribution in [0.3, 0.4) is 0 Å². The number of anilines is 1. The fourth-order valence-electron chi connectivity index (χ4n) is 2.04. The molecule has 0 spiro atoms. The summed E-state index contributed by atoms with van der Waals surface area (Å²) < 4.78 is 0.974. The second-order valence-electron chi connectivity index (χ2n) is 4.77. The quantitative estimate of drug-likeness (QED) is 0.727. The minimum atomic E-state index is -0.985. The normalized spacial score (nSPS) is 15.1. The van der Waals surface area contributed by atoms with Gasteiger partial charge in [0.05, 0.1) is 10.2 Å². The van der Waals surface area contributed by atoms with E-state index in [9.17, 15) is 14.4 Å². The fraction of sp³-hybridized carbons (Fsp3) is 0.231. The lowest BCUT2D eigenvalue weighted by atomic mass is 10.1. The maximum absolute atomic E-state index is 11.9. The summed E-state index contributed by atoms with van der Waals surface area (Å²) in [6.07, 6.45) is -0.202. The number of hydrazine groups is 1. The maximum atomic E-state index is 11.9. The number of hydrogen-bond donors (Lipinski definition) is 3. The van der Waals surface area contributed by atoms with Crippen LogP contribution >= 0.6 is 11.3 Å². The number of fused-ring (bicyclic) bond motifs is 1. The number of hydrogen-bond acceptors (Lipinski definition) is 5. The lowest BCUT2D eigenvalue weighted by molar-refractivity contribution is -0.131. The molecule has 2 aromatic rings. The second kappa shape index (κ2) is 5.13. The largest absolute Gasteiger partial charge is 0.302 e. The van der Waals surface area contributed by atoms with Gasteiger partial charge in [0.1, 0.15) is 5.92 Å². The highest BCUT2D eigenvalue weighted by atomic mass is 32.1. The standard InChI is InChI=1S/C13H12N4O3S/c1-6-2-3-8-9(4-6)21-13(14-8)15-10(18)5-7-11(19)16-17-12(7)20/h2-4,7H,5H2,1H3,(H,16,19)(H,17,20)(H,14,15,18). The van der Waals surface area contributed by atoms with Crippen LogP contribution in [0.2, 0.25) is 0 Å². The van der Waals surface area contributed by atoms with E-state index in [0.717, 1.165) is 15.8 Å². The summed E-state index contributed by atoms with van der Waals surface area (Å²) in [7, 11) is 0. The number of rotatable bonds is 3. The molecule has 3 N–H and O–H groups in total. The van der Waals surface area contributed by atoms with Gasteiger partial charge in [-0.2, -0.15) is 0 Å². The van der Waals surface area contributed by atoms with Gasteiger partial charge in [-0.15, -0.1) is 0 Å². The maximum Gasteiger partial charge on any atom is 0.251 e. The number of nitrogens with one attached hydrogen (secondary N) is 3. The van der Waals surface area contributed by atoms with Crippen LogP contribution in [0.4, 0.5) is 5.13 Å². The van der Waals surface area contributed by atoms with Crippen molar-refractivity contribution in [2.75, 3.05) is 5.32 Å². The van der Waals surface area contributed by atoms with Gasteiger partial charge in [-0.25, -0.2) is 4.98 Å². The topological polar surface area (TPSA) is 100 Å². The van der Waals surface area contributed by atoms with E-state index in [2.05, 4.69) is 21.2 Å². The van der Waals surface area contributed by atoms with Gasteiger partial charge in [-0.3, -0.25) is 25.2 Å². The third-order valence-corrected chi connectivity index (χ3v) is 4.06. The molecule has 1 aromatic carbocycles. The number of carbonyl (C=O) groups excluding carboxylic acids is 3. The Morgan fingerprint density at radius 3 is 2.76 bits per heavy atom. The van der Waals surface area contributed by atoms with Crippen LogP contribution in [0.5, 0.6) is 0 Å². The first kappa shape index (κ1) is 13.5. The molecule has 0 saturated carbocycles. The summed E-state index contributed by atoms with van der Waals surface area (Å²) in [5, 5.41) is 3.09. The van der Waals surface area contributed by atoms with Crippen molar-refractivity contribution in [3.05, 3.63) is 23.8 Å². The third kappa shape index (κ3) is 2.70. The van der Waals surface area contributed by atoms with E-state index >= 15 is 0 Å². The molecule has 108 valence electrons. The van der Waals surface area contributed by atoms with Gasteiger partial charge in [-0.1, -0.05) is 17.4 Å². The van der Waals surface area contributed by atoms with Crippen LogP contribution in [0.15, 0.2) is 18.2 Å². The zero-order valence-electron chi connectivity index (χ0n) is 11.1. The smallest absolute Gasteiger partial charge is 0.251 e. The lowest BCUT2D eigenvalue weighted by Gasteiger charge is -2.03. The van der Waals surface area contributed by atoms with E-state index < -0.39 is 23.6 Å². The average Bonchev–Trinajstić information content (AvgIpc) is 2.95. The highest BCUT2D eigenvalue weighted by Crippen LogP contribution is 2.27. The molecule has 21 heavy (non-hydrogen) atoms. The average molecular weight is 304 g/mol. The van der Waals surface area contributed by atoms with Gasteiger partial charge in [0.25, 0.3) is 11.8 Å². The molecule has 0 aliphatic carbocycles. The molecule has 1 aromatic heterocycles. The van der Waals surface area contributed by atoms with Crippen LogP contribution < -0.4 is 16.2 Å². The number of carbonyl (C=O) groups is 3. The minimum absolute atomic E-state index is 0.202. The number of nitrogens with zero attached hydrogens (tertiary/aromatic N) is 1. The minimum Gasteiger partial charge on any atom is -0.302 e. The van der Waals surface area contributed by atoms with Crippen molar-refractivity contribution in [2.45, 2.75) is 13.3 Å². The Kier molecular flexibility index (Phi) is 3.30. The van der Waals surface area contributed by atoms with Crippen molar-refractivity contribution in [3.63, 3.8) is 0 Å². The Balaban J connectivity index is 1.71. The number of aryl methyl sites for hydroxylation is 1. The highest BCUT2D eigenvalue weighted by Gasteiger charge is 2.34. The first-order valence-electron chi connectivity index (χ1n) is 6.30. The van der Waals surface area contributed by atoms with Gasteiger partial charge in [0.2, 0.25) is 5.91 Å². The van der Waals surface area contributed by atoms with E-state index in [4.69, 9.17) is 0 Å². The number of aromatic nitrogens is 1. The highest BCUT2D eigenvalue weighted by molar-refractivity contribution is 7.22. The van der Waals surface area contributed by atoms with Crippen molar-refractivity contribution in [1.82, 2.24) is 15.8 Å². The summed E-state index contributed by atoms with van der Waals surface area (Å²) in [5.74, 6) is -2.38. The molecular formula is C13H12N4O3S.